The monoisotopic (exact) mass is 446 g/mol. The molecule has 0 aliphatic carbocycles. The molecule has 10 heteroatoms. The molecule has 176 valence electrons. The fourth-order valence-corrected chi connectivity index (χ4v) is 4.63. The molecule has 2 aromatic heterocycles. The van der Waals surface area contributed by atoms with Crippen LogP contribution in [0.15, 0.2) is 18.6 Å². The van der Waals surface area contributed by atoms with Crippen LogP contribution in [0, 0.1) is 6.92 Å². The van der Waals surface area contributed by atoms with Crippen LogP contribution >= 0.6 is 0 Å². The molecule has 4 heterocycles. The standard InChI is InChI=1S/C21H32N6O2.CH2O2/c1-4-27-16(2)18(13-23-27)21(28)26-10-11-29-19(15-25-8-6-5-7-9-25)20(26)17-12-22-24(3)14-17;2-1-3/h12-14,19-20H,4-11,15H2,1-3H3;1H,(H,2,3)/t19-,20-;/m0./s1. The number of morpholine rings is 1. The molecule has 2 atom stereocenters. The largest absolute Gasteiger partial charge is 0.483 e. The van der Waals surface area contributed by atoms with E-state index in [2.05, 4.69) is 15.1 Å². The molecular formula is C22H34N6O4. The Morgan fingerprint density at radius 1 is 1.22 bits per heavy atom. The highest BCUT2D eigenvalue weighted by Gasteiger charge is 2.39. The molecule has 1 N–H and O–H groups in total. The first-order valence-electron chi connectivity index (χ1n) is 11.2. The second-order valence-corrected chi connectivity index (χ2v) is 8.23. The third-order valence-electron chi connectivity index (χ3n) is 6.20. The van der Waals surface area contributed by atoms with Gasteiger partial charge in [-0.2, -0.15) is 10.2 Å². The highest BCUT2D eigenvalue weighted by Crippen LogP contribution is 2.32. The van der Waals surface area contributed by atoms with Gasteiger partial charge in [0.25, 0.3) is 12.4 Å². The van der Waals surface area contributed by atoms with Crippen molar-refractivity contribution in [3.63, 3.8) is 0 Å². The van der Waals surface area contributed by atoms with Crippen LogP contribution < -0.4 is 0 Å². The molecule has 4 rings (SSSR count). The van der Waals surface area contributed by atoms with E-state index in [1.807, 2.05) is 42.9 Å². The number of likely N-dealkylation sites (tertiary alicyclic amines) is 1. The normalized spacial score (nSPS) is 21.7. The minimum Gasteiger partial charge on any atom is -0.483 e. The van der Waals surface area contributed by atoms with Gasteiger partial charge in [-0.3, -0.25) is 19.0 Å². The highest BCUT2D eigenvalue weighted by atomic mass is 16.5. The van der Waals surface area contributed by atoms with Crippen LogP contribution in [0.3, 0.4) is 0 Å². The van der Waals surface area contributed by atoms with Gasteiger partial charge in [-0.1, -0.05) is 6.42 Å². The number of nitrogens with zero attached hydrogens (tertiary/aromatic N) is 6. The summed E-state index contributed by atoms with van der Waals surface area (Å²) in [6, 6.07) is -0.142. The summed E-state index contributed by atoms with van der Waals surface area (Å²) < 4.78 is 9.91. The summed E-state index contributed by atoms with van der Waals surface area (Å²) in [5.41, 5.74) is 2.63. The lowest BCUT2D eigenvalue weighted by Crippen LogP contribution is -2.52. The van der Waals surface area contributed by atoms with Crippen LogP contribution in [-0.2, 0) is 23.1 Å². The number of amides is 1. The number of carbonyl (C=O) groups excluding carboxylic acids is 1. The molecule has 32 heavy (non-hydrogen) atoms. The zero-order valence-electron chi connectivity index (χ0n) is 19.2. The summed E-state index contributed by atoms with van der Waals surface area (Å²) in [6.07, 6.45) is 9.30. The van der Waals surface area contributed by atoms with Crippen molar-refractivity contribution in [1.82, 2.24) is 29.4 Å². The van der Waals surface area contributed by atoms with Crippen molar-refractivity contribution < 1.29 is 19.4 Å². The number of carboxylic acid groups (broad SMARTS) is 1. The molecule has 0 unspecified atom stereocenters. The summed E-state index contributed by atoms with van der Waals surface area (Å²) in [5, 5.41) is 15.6. The van der Waals surface area contributed by atoms with E-state index in [1.165, 1.54) is 19.3 Å². The highest BCUT2D eigenvalue weighted by molar-refractivity contribution is 5.95. The second-order valence-electron chi connectivity index (χ2n) is 8.23. The summed E-state index contributed by atoms with van der Waals surface area (Å²) in [5.74, 6) is 0.0306. The van der Waals surface area contributed by atoms with Crippen LogP contribution in [0.2, 0.25) is 0 Å². The Balaban J connectivity index is 0.000000913. The lowest BCUT2D eigenvalue weighted by Gasteiger charge is -2.43. The zero-order chi connectivity index (χ0) is 23.1. The van der Waals surface area contributed by atoms with Crippen molar-refractivity contribution in [2.24, 2.45) is 7.05 Å². The average Bonchev–Trinajstić information content (AvgIpc) is 3.39. The predicted octanol–water partition coefficient (Wildman–Crippen LogP) is 1.71. The SMILES string of the molecule is CCn1ncc(C(=O)N2CCO[C@@H](CN3CCCCC3)[C@@H]2c2cnn(C)c2)c1C.O=CO. The summed E-state index contributed by atoms with van der Waals surface area (Å²) in [4.78, 5) is 26.4. The third-order valence-corrected chi connectivity index (χ3v) is 6.20. The van der Waals surface area contributed by atoms with Gasteiger partial charge in [0, 0.05) is 44.1 Å². The topological polar surface area (TPSA) is 106 Å². The maximum absolute atomic E-state index is 13.6. The van der Waals surface area contributed by atoms with Crippen LogP contribution in [0.5, 0.6) is 0 Å². The van der Waals surface area contributed by atoms with E-state index in [9.17, 15) is 4.79 Å². The number of aryl methyl sites for hydroxylation is 2. The number of carbonyl (C=O) groups is 2. The maximum Gasteiger partial charge on any atom is 0.290 e. The first-order chi connectivity index (χ1) is 15.5. The Kier molecular flexibility index (Phi) is 8.40. The van der Waals surface area contributed by atoms with E-state index in [1.54, 1.807) is 10.9 Å². The molecule has 2 fully saturated rings. The number of rotatable bonds is 5. The molecular weight excluding hydrogens is 412 g/mol. The third kappa shape index (κ3) is 5.36. The summed E-state index contributed by atoms with van der Waals surface area (Å²) >= 11 is 0. The first kappa shape index (κ1) is 23.9. The molecule has 0 bridgehead atoms. The first-order valence-corrected chi connectivity index (χ1v) is 11.2. The number of ether oxygens (including phenoxy) is 1. The summed E-state index contributed by atoms with van der Waals surface area (Å²) in [7, 11) is 1.91. The maximum atomic E-state index is 13.6. The Hall–Kier alpha value is -2.72. The van der Waals surface area contributed by atoms with E-state index in [0.717, 1.165) is 37.4 Å². The number of hydrogen-bond donors (Lipinski definition) is 1. The predicted molar refractivity (Wildman–Crippen MR) is 118 cm³/mol. The van der Waals surface area contributed by atoms with Gasteiger partial charge in [-0.25, -0.2) is 0 Å². The van der Waals surface area contributed by atoms with Crippen molar-refractivity contribution in [1.29, 1.82) is 0 Å². The Bertz CT molecular complexity index is 889. The number of piperidine rings is 1. The van der Waals surface area contributed by atoms with E-state index in [4.69, 9.17) is 14.6 Å². The molecule has 2 aromatic rings. The van der Waals surface area contributed by atoms with Crippen molar-refractivity contribution in [2.75, 3.05) is 32.8 Å². The minimum atomic E-state index is -0.250. The van der Waals surface area contributed by atoms with Crippen LogP contribution in [-0.4, -0.2) is 85.7 Å². The second kappa shape index (κ2) is 11.2. The minimum absolute atomic E-state index is 0.0306. The number of aromatic nitrogens is 4. The van der Waals surface area contributed by atoms with Gasteiger partial charge in [0.15, 0.2) is 0 Å². The van der Waals surface area contributed by atoms with Gasteiger partial charge in [-0.15, -0.1) is 0 Å². The van der Waals surface area contributed by atoms with E-state index < -0.39 is 0 Å². The van der Waals surface area contributed by atoms with Gasteiger partial charge in [0.05, 0.1) is 36.7 Å². The number of hydrogen-bond acceptors (Lipinski definition) is 6. The van der Waals surface area contributed by atoms with E-state index in [-0.39, 0.29) is 24.5 Å². The van der Waals surface area contributed by atoms with Gasteiger partial charge in [0.2, 0.25) is 0 Å². The molecule has 10 nitrogen and oxygen atoms in total. The van der Waals surface area contributed by atoms with Gasteiger partial charge in [0.1, 0.15) is 0 Å². The van der Waals surface area contributed by atoms with Gasteiger partial charge < -0.3 is 19.6 Å². The molecule has 2 saturated heterocycles. The van der Waals surface area contributed by atoms with Crippen molar-refractivity contribution in [3.8, 4) is 0 Å². The van der Waals surface area contributed by atoms with Gasteiger partial charge in [-0.05, 0) is 39.8 Å². The van der Waals surface area contributed by atoms with Crippen molar-refractivity contribution >= 4 is 12.4 Å². The Morgan fingerprint density at radius 2 is 1.94 bits per heavy atom. The lowest BCUT2D eigenvalue weighted by molar-refractivity contribution is -0.122. The van der Waals surface area contributed by atoms with Crippen molar-refractivity contribution in [2.45, 2.75) is 51.8 Å². The molecule has 0 radical (unpaired) electrons. The fourth-order valence-electron chi connectivity index (χ4n) is 4.63. The van der Waals surface area contributed by atoms with Crippen LogP contribution in [0.1, 0.15) is 53.8 Å². The fraction of sp³-hybridized carbons (Fsp3) is 0.636. The quantitative estimate of drug-likeness (QED) is 0.697. The van der Waals surface area contributed by atoms with E-state index >= 15 is 0 Å². The van der Waals surface area contributed by atoms with Crippen molar-refractivity contribution in [3.05, 3.63) is 35.4 Å². The Morgan fingerprint density at radius 3 is 2.53 bits per heavy atom. The molecule has 2 aliphatic heterocycles. The zero-order valence-corrected chi connectivity index (χ0v) is 19.2. The molecule has 1 amide bonds. The average molecular weight is 447 g/mol. The smallest absolute Gasteiger partial charge is 0.290 e. The van der Waals surface area contributed by atoms with Crippen LogP contribution in [0.4, 0.5) is 0 Å². The summed E-state index contributed by atoms with van der Waals surface area (Å²) in [6.45, 7) is 8.70. The molecule has 2 aliphatic rings. The molecule has 0 aromatic carbocycles. The molecule has 0 spiro atoms. The van der Waals surface area contributed by atoms with Crippen LogP contribution in [0.25, 0.3) is 0 Å². The lowest BCUT2D eigenvalue weighted by atomic mass is 9.98. The molecule has 0 saturated carbocycles. The van der Waals surface area contributed by atoms with Gasteiger partial charge >= 0.3 is 0 Å². The van der Waals surface area contributed by atoms with E-state index in [0.29, 0.717) is 18.7 Å². The Labute approximate surface area is 188 Å².